The molecular weight excluding hydrogens is 328 g/mol. The van der Waals surface area contributed by atoms with E-state index in [9.17, 15) is 0 Å². The van der Waals surface area contributed by atoms with Crippen molar-refractivity contribution in [1.82, 2.24) is 9.78 Å². The lowest BCUT2D eigenvalue weighted by Gasteiger charge is -2.04. The Morgan fingerprint density at radius 1 is 1.14 bits per heavy atom. The number of aromatic nitrogens is 2. The van der Waals surface area contributed by atoms with E-state index in [4.69, 9.17) is 11.0 Å². The average Bonchev–Trinajstić information content (AvgIpc) is 2.96. The van der Waals surface area contributed by atoms with Gasteiger partial charge < -0.3 is 5.73 Å². The fourth-order valence-corrected chi connectivity index (χ4v) is 2.64. The van der Waals surface area contributed by atoms with Gasteiger partial charge in [0.05, 0.1) is 23.5 Å². The van der Waals surface area contributed by atoms with Crippen molar-refractivity contribution >= 4 is 21.6 Å². The lowest BCUT2D eigenvalue weighted by Crippen LogP contribution is -1.95. The largest absolute Gasteiger partial charge is 0.399 e. The molecule has 0 aliphatic carbocycles. The van der Waals surface area contributed by atoms with Gasteiger partial charge in [0, 0.05) is 21.9 Å². The lowest BCUT2D eigenvalue weighted by atomic mass is 10.1. The number of benzene rings is 2. The Hall–Kier alpha value is -2.58. The van der Waals surface area contributed by atoms with E-state index in [2.05, 4.69) is 27.1 Å². The third-order valence-corrected chi connectivity index (χ3v) is 3.76. The summed E-state index contributed by atoms with van der Waals surface area (Å²) < 4.78 is 2.59. The molecule has 0 spiro atoms. The van der Waals surface area contributed by atoms with E-state index < -0.39 is 0 Å². The molecule has 2 aromatic carbocycles. The van der Waals surface area contributed by atoms with E-state index in [1.807, 2.05) is 36.5 Å². The average molecular weight is 339 g/mol. The second-order valence-corrected chi connectivity index (χ2v) is 5.43. The molecule has 0 saturated heterocycles. The Morgan fingerprint density at radius 2 is 2.00 bits per heavy atom. The van der Waals surface area contributed by atoms with Crippen molar-refractivity contribution in [1.29, 1.82) is 5.26 Å². The Kier molecular flexibility index (Phi) is 3.46. The van der Waals surface area contributed by atoms with E-state index in [1.54, 1.807) is 23.0 Å². The minimum absolute atomic E-state index is 0.605. The van der Waals surface area contributed by atoms with E-state index in [1.165, 1.54) is 0 Å². The first-order chi connectivity index (χ1) is 10.2. The minimum Gasteiger partial charge on any atom is -0.399 e. The van der Waals surface area contributed by atoms with Crippen LogP contribution in [0.1, 0.15) is 5.56 Å². The predicted octanol–water partition coefficient (Wildman–Crippen LogP) is 3.76. The van der Waals surface area contributed by atoms with Crippen molar-refractivity contribution in [3.8, 4) is 22.9 Å². The van der Waals surface area contributed by atoms with Gasteiger partial charge in [0.15, 0.2) is 0 Å². The smallest absolute Gasteiger partial charge is 0.0992 e. The number of hydrogen-bond donors (Lipinski definition) is 1. The van der Waals surface area contributed by atoms with Crippen molar-refractivity contribution < 1.29 is 0 Å². The summed E-state index contributed by atoms with van der Waals surface area (Å²) in [5.74, 6) is 0. The molecule has 1 heterocycles. The summed E-state index contributed by atoms with van der Waals surface area (Å²) in [6.45, 7) is 0. The van der Waals surface area contributed by atoms with Gasteiger partial charge in [0.25, 0.3) is 0 Å². The first kappa shape index (κ1) is 13.4. The van der Waals surface area contributed by atoms with Gasteiger partial charge in [-0.15, -0.1) is 0 Å². The highest BCUT2D eigenvalue weighted by atomic mass is 79.9. The third-order valence-electron chi connectivity index (χ3n) is 3.13. The van der Waals surface area contributed by atoms with Crippen LogP contribution in [0.3, 0.4) is 0 Å². The van der Waals surface area contributed by atoms with Crippen LogP contribution in [0.2, 0.25) is 0 Å². The lowest BCUT2D eigenvalue weighted by molar-refractivity contribution is 0.876. The van der Waals surface area contributed by atoms with E-state index in [0.29, 0.717) is 5.56 Å². The summed E-state index contributed by atoms with van der Waals surface area (Å²) in [7, 11) is 0. The van der Waals surface area contributed by atoms with Gasteiger partial charge in [-0.25, -0.2) is 4.68 Å². The van der Waals surface area contributed by atoms with Crippen LogP contribution in [-0.4, -0.2) is 9.78 Å². The van der Waals surface area contributed by atoms with Crippen molar-refractivity contribution in [3.63, 3.8) is 0 Å². The number of anilines is 1. The molecule has 0 atom stereocenters. The van der Waals surface area contributed by atoms with Crippen LogP contribution in [0, 0.1) is 11.3 Å². The molecule has 0 fully saturated rings. The van der Waals surface area contributed by atoms with Crippen molar-refractivity contribution in [3.05, 3.63) is 64.9 Å². The molecule has 0 aliphatic heterocycles. The Bertz CT molecular complexity index is 845. The maximum absolute atomic E-state index is 8.90. The minimum atomic E-state index is 0.605. The molecule has 0 bridgehead atoms. The fraction of sp³-hybridized carbons (Fsp3) is 0. The highest BCUT2D eigenvalue weighted by Crippen LogP contribution is 2.25. The number of rotatable bonds is 2. The first-order valence-electron chi connectivity index (χ1n) is 6.28. The molecule has 3 aromatic rings. The van der Waals surface area contributed by atoms with Gasteiger partial charge in [0.2, 0.25) is 0 Å². The molecule has 0 amide bonds. The predicted molar refractivity (Wildman–Crippen MR) is 85.8 cm³/mol. The standard InChI is InChI=1S/C16H11BrN4/c17-15-6-11(8-18)4-5-16(15)21-10-13(9-20-21)12-2-1-3-14(19)7-12/h1-7,9-10H,19H2. The molecule has 3 rings (SSSR count). The molecule has 5 heteroatoms. The second-order valence-electron chi connectivity index (χ2n) is 4.58. The molecular formula is C16H11BrN4. The number of nitriles is 1. The van der Waals surface area contributed by atoms with E-state index in [0.717, 1.165) is 27.0 Å². The second kappa shape index (κ2) is 5.43. The molecule has 0 aliphatic rings. The molecule has 21 heavy (non-hydrogen) atoms. The summed E-state index contributed by atoms with van der Waals surface area (Å²) in [6.07, 6.45) is 3.72. The summed E-state index contributed by atoms with van der Waals surface area (Å²) >= 11 is 3.47. The van der Waals surface area contributed by atoms with Gasteiger partial charge in [-0.1, -0.05) is 12.1 Å². The van der Waals surface area contributed by atoms with Crippen molar-refractivity contribution in [2.24, 2.45) is 0 Å². The number of nitrogens with zero attached hydrogens (tertiary/aromatic N) is 3. The van der Waals surface area contributed by atoms with Crippen LogP contribution in [0.25, 0.3) is 16.8 Å². The third kappa shape index (κ3) is 2.67. The zero-order valence-electron chi connectivity index (χ0n) is 11.0. The van der Waals surface area contributed by atoms with Crippen LogP contribution < -0.4 is 5.73 Å². The number of hydrogen-bond acceptors (Lipinski definition) is 3. The van der Waals surface area contributed by atoms with Gasteiger partial charge in [0.1, 0.15) is 0 Å². The number of halogens is 1. The van der Waals surface area contributed by atoms with Crippen molar-refractivity contribution in [2.45, 2.75) is 0 Å². The van der Waals surface area contributed by atoms with Gasteiger partial charge in [-0.2, -0.15) is 10.4 Å². The molecule has 102 valence electrons. The number of nitrogen functional groups attached to an aromatic ring is 1. The molecule has 0 radical (unpaired) electrons. The van der Waals surface area contributed by atoms with E-state index in [-0.39, 0.29) is 0 Å². The Labute approximate surface area is 130 Å². The molecule has 0 unspecified atom stereocenters. The first-order valence-corrected chi connectivity index (χ1v) is 7.07. The Balaban J connectivity index is 2.01. The van der Waals surface area contributed by atoms with E-state index >= 15 is 0 Å². The normalized spacial score (nSPS) is 10.3. The fourth-order valence-electron chi connectivity index (χ4n) is 2.08. The summed E-state index contributed by atoms with van der Waals surface area (Å²) in [6, 6.07) is 15.2. The highest BCUT2D eigenvalue weighted by Gasteiger charge is 2.07. The SMILES string of the molecule is N#Cc1ccc(-n2cc(-c3cccc(N)c3)cn2)c(Br)c1. The molecule has 1 aromatic heterocycles. The summed E-state index contributed by atoms with van der Waals surface area (Å²) in [5, 5.41) is 13.3. The Morgan fingerprint density at radius 3 is 2.71 bits per heavy atom. The molecule has 2 N–H and O–H groups in total. The zero-order chi connectivity index (χ0) is 14.8. The zero-order valence-corrected chi connectivity index (χ0v) is 12.6. The van der Waals surface area contributed by atoms with Crippen LogP contribution in [0.15, 0.2) is 59.3 Å². The van der Waals surface area contributed by atoms with Gasteiger partial charge >= 0.3 is 0 Å². The summed E-state index contributed by atoms with van der Waals surface area (Å²) in [5.41, 5.74) is 10.0. The van der Waals surface area contributed by atoms with Crippen LogP contribution in [0.5, 0.6) is 0 Å². The monoisotopic (exact) mass is 338 g/mol. The summed E-state index contributed by atoms with van der Waals surface area (Å²) in [4.78, 5) is 0. The quantitative estimate of drug-likeness (QED) is 0.723. The van der Waals surface area contributed by atoms with Crippen LogP contribution >= 0.6 is 15.9 Å². The maximum Gasteiger partial charge on any atom is 0.0992 e. The number of nitrogens with two attached hydrogens (primary N) is 1. The van der Waals surface area contributed by atoms with Crippen LogP contribution in [0.4, 0.5) is 5.69 Å². The maximum atomic E-state index is 8.90. The van der Waals surface area contributed by atoms with Gasteiger partial charge in [-0.3, -0.25) is 0 Å². The molecule has 4 nitrogen and oxygen atoms in total. The highest BCUT2D eigenvalue weighted by molar-refractivity contribution is 9.10. The topological polar surface area (TPSA) is 67.6 Å². The molecule has 0 saturated carbocycles. The van der Waals surface area contributed by atoms with Crippen LogP contribution in [-0.2, 0) is 0 Å². The van der Waals surface area contributed by atoms with Gasteiger partial charge in [-0.05, 0) is 51.8 Å². The van der Waals surface area contributed by atoms with Crippen molar-refractivity contribution in [2.75, 3.05) is 5.73 Å².